The van der Waals surface area contributed by atoms with Crippen LogP contribution in [0.25, 0.3) is 0 Å². The van der Waals surface area contributed by atoms with Crippen molar-refractivity contribution in [1.82, 2.24) is 9.55 Å². The number of hydrogen-bond acceptors (Lipinski definition) is 5. The molecule has 0 spiro atoms. The summed E-state index contributed by atoms with van der Waals surface area (Å²) < 4.78 is 13.2. The molecule has 0 aliphatic carbocycles. The van der Waals surface area contributed by atoms with Gasteiger partial charge in [0, 0.05) is 17.8 Å². The van der Waals surface area contributed by atoms with Crippen LogP contribution in [0.1, 0.15) is 28.9 Å². The minimum atomic E-state index is -0.580. The summed E-state index contributed by atoms with van der Waals surface area (Å²) in [6.45, 7) is 1.21. The summed E-state index contributed by atoms with van der Waals surface area (Å²) >= 11 is 5.87. The summed E-state index contributed by atoms with van der Waals surface area (Å²) in [6, 6.07) is 15.1. The van der Waals surface area contributed by atoms with Crippen molar-refractivity contribution >= 4 is 17.5 Å². The zero-order chi connectivity index (χ0) is 22.1. The summed E-state index contributed by atoms with van der Waals surface area (Å²) in [5, 5.41) is 10.9. The first-order valence-electron chi connectivity index (χ1n) is 10.1. The molecule has 3 N–H and O–H groups in total. The Morgan fingerprint density at radius 1 is 1.13 bits per heavy atom. The van der Waals surface area contributed by atoms with Crippen LogP contribution in [0.15, 0.2) is 61.1 Å². The zero-order valence-corrected chi connectivity index (χ0v) is 17.9. The minimum absolute atomic E-state index is 0.193. The van der Waals surface area contributed by atoms with E-state index in [-0.39, 0.29) is 5.69 Å². The normalized spacial score (nSPS) is 11.8. The highest BCUT2D eigenvalue weighted by Crippen LogP contribution is 2.21. The molecule has 0 saturated carbocycles. The summed E-state index contributed by atoms with van der Waals surface area (Å²) in [7, 11) is 0. The Morgan fingerprint density at radius 2 is 1.87 bits per heavy atom. The van der Waals surface area contributed by atoms with Gasteiger partial charge in [-0.05, 0) is 55.2 Å². The number of amides is 1. The van der Waals surface area contributed by atoms with E-state index in [9.17, 15) is 9.90 Å². The highest BCUT2D eigenvalue weighted by molar-refractivity contribution is 6.30. The van der Waals surface area contributed by atoms with E-state index >= 15 is 0 Å². The number of hydrogen-bond donors (Lipinski definition) is 2. The lowest BCUT2D eigenvalue weighted by atomic mass is 10.0. The molecule has 31 heavy (non-hydrogen) atoms. The molecule has 8 heteroatoms. The second-order valence-electron chi connectivity index (χ2n) is 7.12. The molecule has 1 atom stereocenters. The van der Waals surface area contributed by atoms with Crippen LogP contribution in [0.2, 0.25) is 5.02 Å². The van der Waals surface area contributed by atoms with Gasteiger partial charge in [0.15, 0.2) is 0 Å². The van der Waals surface area contributed by atoms with E-state index < -0.39 is 12.0 Å². The van der Waals surface area contributed by atoms with Crippen molar-refractivity contribution in [2.24, 2.45) is 5.73 Å². The smallest absolute Gasteiger partial charge is 0.268 e. The van der Waals surface area contributed by atoms with Crippen molar-refractivity contribution in [2.45, 2.75) is 31.9 Å². The summed E-state index contributed by atoms with van der Waals surface area (Å²) in [4.78, 5) is 15.0. The van der Waals surface area contributed by atoms with Crippen LogP contribution in [-0.2, 0) is 13.0 Å². The predicted octanol–water partition coefficient (Wildman–Crippen LogP) is 3.48. The fourth-order valence-electron chi connectivity index (χ4n) is 3.14. The number of aryl methyl sites for hydroxylation is 1. The average molecular weight is 444 g/mol. The van der Waals surface area contributed by atoms with Gasteiger partial charge in [0.1, 0.15) is 30.4 Å². The molecule has 0 unspecified atom stereocenters. The van der Waals surface area contributed by atoms with Gasteiger partial charge in [0.05, 0.1) is 12.4 Å². The molecule has 0 fully saturated rings. The van der Waals surface area contributed by atoms with Crippen LogP contribution in [0.4, 0.5) is 0 Å². The standard InChI is InChI=1S/C23H26ClN3O4/c24-18-8-10-20(11-9-18)30-12-13-31-22-7-2-1-4-17(22)5-3-6-19(28)14-27-15-21(23(25)29)26-16-27/h1-2,4,7-11,15-16,19,28H,3,5-6,12-14H2,(H2,25,29)/t19-/m0/s1. The summed E-state index contributed by atoms with van der Waals surface area (Å²) in [5.74, 6) is 0.983. The van der Waals surface area contributed by atoms with Gasteiger partial charge >= 0.3 is 0 Å². The third-order valence-electron chi connectivity index (χ3n) is 4.69. The zero-order valence-electron chi connectivity index (χ0n) is 17.1. The minimum Gasteiger partial charge on any atom is -0.490 e. The number of nitrogens with zero attached hydrogens (tertiary/aromatic N) is 2. The second kappa shape index (κ2) is 11.4. The number of para-hydroxylation sites is 1. The first-order valence-corrected chi connectivity index (χ1v) is 10.5. The van der Waals surface area contributed by atoms with E-state index in [0.29, 0.717) is 31.2 Å². The SMILES string of the molecule is NC(=O)c1cn(C[C@@H](O)CCCc2ccccc2OCCOc2ccc(Cl)cc2)cn1. The molecule has 0 aliphatic rings. The van der Waals surface area contributed by atoms with Gasteiger partial charge in [-0.15, -0.1) is 0 Å². The number of aliphatic hydroxyl groups excluding tert-OH is 1. The van der Waals surface area contributed by atoms with E-state index in [2.05, 4.69) is 4.98 Å². The number of primary amides is 1. The largest absolute Gasteiger partial charge is 0.490 e. The number of rotatable bonds is 12. The number of carbonyl (C=O) groups excluding carboxylic acids is 1. The number of halogens is 1. The lowest BCUT2D eigenvalue weighted by Crippen LogP contribution is -2.16. The van der Waals surface area contributed by atoms with Crippen molar-refractivity contribution < 1.29 is 19.4 Å². The lowest BCUT2D eigenvalue weighted by molar-refractivity contribution is 0.0995. The highest BCUT2D eigenvalue weighted by Gasteiger charge is 2.10. The van der Waals surface area contributed by atoms with Gasteiger partial charge < -0.3 is 24.9 Å². The maximum absolute atomic E-state index is 11.1. The van der Waals surface area contributed by atoms with Gasteiger partial charge in [-0.3, -0.25) is 4.79 Å². The molecule has 7 nitrogen and oxygen atoms in total. The fraction of sp³-hybridized carbons (Fsp3) is 0.304. The molecule has 1 heterocycles. The number of benzene rings is 2. The highest BCUT2D eigenvalue weighted by atomic mass is 35.5. The number of nitrogens with two attached hydrogens (primary N) is 1. The number of aliphatic hydroxyl groups is 1. The van der Waals surface area contributed by atoms with Crippen LogP contribution < -0.4 is 15.2 Å². The average Bonchev–Trinajstić information content (AvgIpc) is 3.22. The molecule has 3 rings (SSSR count). The first kappa shape index (κ1) is 22.7. The maximum Gasteiger partial charge on any atom is 0.268 e. The van der Waals surface area contributed by atoms with Gasteiger partial charge in [-0.25, -0.2) is 4.98 Å². The Bertz CT molecular complexity index is 975. The van der Waals surface area contributed by atoms with Gasteiger partial charge in [-0.2, -0.15) is 0 Å². The summed E-state index contributed by atoms with van der Waals surface area (Å²) in [6.07, 6.45) is 4.68. The number of ether oxygens (including phenoxy) is 2. The molecular formula is C23H26ClN3O4. The van der Waals surface area contributed by atoms with Gasteiger partial charge in [-0.1, -0.05) is 29.8 Å². The molecule has 0 saturated heterocycles. The first-order chi connectivity index (χ1) is 15.0. The Morgan fingerprint density at radius 3 is 2.61 bits per heavy atom. The molecule has 2 aromatic carbocycles. The van der Waals surface area contributed by atoms with Crippen LogP contribution >= 0.6 is 11.6 Å². The monoisotopic (exact) mass is 443 g/mol. The third-order valence-corrected chi connectivity index (χ3v) is 4.94. The van der Waals surface area contributed by atoms with E-state index in [1.165, 1.54) is 6.33 Å². The topological polar surface area (TPSA) is 99.6 Å². The summed E-state index contributed by atoms with van der Waals surface area (Å²) in [5.41, 5.74) is 6.47. The second-order valence-corrected chi connectivity index (χ2v) is 7.56. The predicted molar refractivity (Wildman–Crippen MR) is 119 cm³/mol. The number of aromatic nitrogens is 2. The fourth-order valence-corrected chi connectivity index (χ4v) is 3.27. The lowest BCUT2D eigenvalue weighted by Gasteiger charge is -2.14. The number of imidazole rings is 1. The van der Waals surface area contributed by atoms with E-state index in [0.717, 1.165) is 29.9 Å². The Hall–Kier alpha value is -3.03. The quantitative estimate of drug-likeness (QED) is 0.417. The molecule has 1 aromatic heterocycles. The van der Waals surface area contributed by atoms with Crippen molar-refractivity contribution in [2.75, 3.05) is 13.2 Å². The molecule has 3 aromatic rings. The van der Waals surface area contributed by atoms with Crippen LogP contribution in [0, 0.1) is 0 Å². The Kier molecular flexibility index (Phi) is 8.32. The van der Waals surface area contributed by atoms with Crippen LogP contribution in [0.5, 0.6) is 11.5 Å². The van der Waals surface area contributed by atoms with Crippen molar-refractivity contribution in [3.05, 3.63) is 77.3 Å². The molecular weight excluding hydrogens is 418 g/mol. The third kappa shape index (κ3) is 7.31. The Labute approximate surface area is 186 Å². The van der Waals surface area contributed by atoms with Crippen molar-refractivity contribution in [3.8, 4) is 11.5 Å². The van der Waals surface area contributed by atoms with E-state index in [1.54, 1.807) is 22.9 Å². The Balaban J connectivity index is 1.41. The molecule has 0 bridgehead atoms. The molecule has 1 amide bonds. The van der Waals surface area contributed by atoms with Crippen molar-refractivity contribution in [1.29, 1.82) is 0 Å². The van der Waals surface area contributed by atoms with Gasteiger partial charge in [0.2, 0.25) is 0 Å². The van der Waals surface area contributed by atoms with Crippen molar-refractivity contribution in [3.63, 3.8) is 0 Å². The molecule has 164 valence electrons. The maximum atomic E-state index is 11.1. The van der Waals surface area contributed by atoms with E-state index in [4.69, 9.17) is 26.8 Å². The molecule has 0 aliphatic heterocycles. The number of carbonyl (C=O) groups is 1. The van der Waals surface area contributed by atoms with Crippen LogP contribution in [0.3, 0.4) is 0 Å². The molecule has 0 radical (unpaired) electrons. The van der Waals surface area contributed by atoms with E-state index in [1.807, 2.05) is 36.4 Å². The van der Waals surface area contributed by atoms with Gasteiger partial charge in [0.25, 0.3) is 5.91 Å². The van der Waals surface area contributed by atoms with Crippen LogP contribution in [-0.4, -0.2) is 39.9 Å².